The molecule has 0 spiro atoms. The van der Waals surface area contributed by atoms with Crippen molar-refractivity contribution in [2.24, 2.45) is 5.11 Å². The summed E-state index contributed by atoms with van der Waals surface area (Å²) < 4.78 is 16.6. The second kappa shape index (κ2) is 10.5. The van der Waals surface area contributed by atoms with E-state index in [0.29, 0.717) is 0 Å². The van der Waals surface area contributed by atoms with Crippen molar-refractivity contribution < 1.29 is 24.1 Å². The molecule has 2 aromatic carbocycles. The third-order valence-electron chi connectivity index (χ3n) is 4.72. The number of carbonyl (C=O) groups is 1. The van der Waals surface area contributed by atoms with Crippen LogP contribution < -0.4 is 0 Å². The highest BCUT2D eigenvalue weighted by atomic mass is 32.2. The lowest BCUT2D eigenvalue weighted by atomic mass is 9.98. The van der Waals surface area contributed by atoms with Crippen LogP contribution in [0.15, 0.2) is 64.6 Å². The van der Waals surface area contributed by atoms with Crippen LogP contribution >= 0.6 is 11.8 Å². The first kappa shape index (κ1) is 22.1. The second-order valence-electron chi connectivity index (χ2n) is 6.83. The van der Waals surface area contributed by atoms with Crippen molar-refractivity contribution in [1.82, 2.24) is 0 Å². The molecule has 8 nitrogen and oxygen atoms in total. The number of carbonyl (C=O) groups excluding carboxylic acids is 1. The van der Waals surface area contributed by atoms with Crippen LogP contribution in [0.3, 0.4) is 0 Å². The van der Waals surface area contributed by atoms with Crippen molar-refractivity contribution >= 4 is 17.7 Å². The summed E-state index contributed by atoms with van der Waals surface area (Å²) in [4.78, 5) is 16.0. The van der Waals surface area contributed by atoms with Crippen LogP contribution in [0.2, 0.25) is 0 Å². The summed E-state index contributed by atoms with van der Waals surface area (Å²) in [5, 5.41) is 14.6. The number of aliphatic hydroxyl groups is 1. The molecule has 1 heterocycles. The quantitative estimate of drug-likeness (QED) is 0.311. The number of hydrogen-bond donors (Lipinski definition) is 1. The van der Waals surface area contributed by atoms with Gasteiger partial charge in [0.1, 0.15) is 17.6 Å². The van der Waals surface area contributed by atoms with Crippen LogP contribution in [0, 0.1) is 6.92 Å². The zero-order valence-electron chi connectivity index (χ0n) is 16.6. The monoisotopic (exact) mass is 429 g/mol. The number of rotatable bonds is 7. The summed E-state index contributed by atoms with van der Waals surface area (Å²) in [7, 11) is 1.22. The maximum absolute atomic E-state index is 12.2. The lowest BCUT2D eigenvalue weighted by Gasteiger charge is -2.41. The normalized spacial score (nSPS) is 25.9. The molecule has 0 amide bonds. The van der Waals surface area contributed by atoms with Gasteiger partial charge >= 0.3 is 5.97 Å². The zero-order chi connectivity index (χ0) is 21.5. The number of thioether (sulfide) groups is 1. The topological polar surface area (TPSA) is 114 Å². The van der Waals surface area contributed by atoms with Gasteiger partial charge in [-0.3, -0.25) is 0 Å². The van der Waals surface area contributed by atoms with Gasteiger partial charge in [-0.05, 0) is 30.2 Å². The van der Waals surface area contributed by atoms with Gasteiger partial charge in [0.05, 0.1) is 19.8 Å². The molecule has 3 rings (SSSR count). The third kappa shape index (κ3) is 5.33. The maximum Gasteiger partial charge on any atom is 0.337 e. The molecule has 0 saturated carbocycles. The minimum Gasteiger partial charge on any atom is -0.467 e. The minimum absolute atomic E-state index is 0.176. The van der Waals surface area contributed by atoms with E-state index in [9.17, 15) is 9.90 Å². The molecule has 9 heteroatoms. The molecule has 0 aromatic heterocycles. The van der Waals surface area contributed by atoms with Gasteiger partial charge in [0.25, 0.3) is 0 Å². The molecule has 158 valence electrons. The minimum atomic E-state index is -1.36. The van der Waals surface area contributed by atoms with E-state index < -0.39 is 35.8 Å². The Bertz CT molecular complexity index is 889. The maximum atomic E-state index is 12.2. The highest BCUT2D eigenvalue weighted by Gasteiger charge is 2.49. The average Bonchev–Trinajstić information content (AvgIpc) is 2.77. The predicted molar refractivity (Wildman–Crippen MR) is 112 cm³/mol. The van der Waals surface area contributed by atoms with E-state index in [1.165, 1.54) is 18.9 Å². The molecule has 2 aromatic rings. The Hall–Kier alpha value is -2.55. The van der Waals surface area contributed by atoms with Crippen LogP contribution in [0.25, 0.3) is 10.4 Å². The Morgan fingerprint density at radius 3 is 2.57 bits per heavy atom. The van der Waals surface area contributed by atoms with E-state index in [1.807, 2.05) is 61.5 Å². The first-order chi connectivity index (χ1) is 14.5. The van der Waals surface area contributed by atoms with Gasteiger partial charge in [0.2, 0.25) is 0 Å². The summed E-state index contributed by atoms with van der Waals surface area (Å²) in [6.45, 7) is 2.15. The highest BCUT2D eigenvalue weighted by molar-refractivity contribution is 7.99. The summed E-state index contributed by atoms with van der Waals surface area (Å²) in [6, 6.07) is 16.2. The second-order valence-corrected chi connectivity index (χ2v) is 8.00. The van der Waals surface area contributed by atoms with Crippen LogP contribution in [0.1, 0.15) is 11.1 Å². The Balaban J connectivity index is 1.87. The van der Waals surface area contributed by atoms with E-state index >= 15 is 0 Å². The highest BCUT2D eigenvalue weighted by Crippen LogP contribution is 2.37. The third-order valence-corrected chi connectivity index (χ3v) is 5.89. The van der Waals surface area contributed by atoms with Crippen molar-refractivity contribution in [1.29, 1.82) is 0 Å². The van der Waals surface area contributed by atoms with Gasteiger partial charge in [-0.1, -0.05) is 64.9 Å². The predicted octanol–water partition coefficient (Wildman–Crippen LogP) is 3.61. The molecular formula is C21H23N3O5S. The van der Waals surface area contributed by atoms with Gasteiger partial charge in [-0.15, -0.1) is 0 Å². The number of aryl methyl sites for hydroxylation is 1. The zero-order valence-corrected chi connectivity index (χ0v) is 17.4. The number of benzene rings is 2. The molecule has 1 aliphatic heterocycles. The van der Waals surface area contributed by atoms with E-state index in [2.05, 4.69) is 10.0 Å². The molecule has 0 radical (unpaired) electrons. The van der Waals surface area contributed by atoms with E-state index in [1.54, 1.807) is 0 Å². The molecule has 1 N–H and O–H groups in total. The van der Waals surface area contributed by atoms with E-state index in [0.717, 1.165) is 16.0 Å². The Morgan fingerprint density at radius 1 is 1.23 bits per heavy atom. The molecule has 1 saturated heterocycles. The van der Waals surface area contributed by atoms with E-state index in [-0.39, 0.29) is 6.61 Å². The van der Waals surface area contributed by atoms with Crippen LogP contribution in [-0.2, 0) is 25.6 Å². The molecule has 0 aliphatic carbocycles. The Kier molecular flexibility index (Phi) is 7.73. The molecule has 0 bridgehead atoms. The number of azide groups is 1. The molecule has 30 heavy (non-hydrogen) atoms. The van der Waals surface area contributed by atoms with Crippen molar-refractivity contribution in [3.8, 4) is 0 Å². The number of methoxy groups -OCH3 is 1. The number of aliphatic hydroxyl groups excluding tert-OH is 1. The molecular weight excluding hydrogens is 406 g/mol. The van der Waals surface area contributed by atoms with Gasteiger partial charge in [0, 0.05) is 9.81 Å². The van der Waals surface area contributed by atoms with Gasteiger partial charge < -0.3 is 19.3 Å². The van der Waals surface area contributed by atoms with E-state index in [4.69, 9.17) is 19.7 Å². The Labute approximate surface area is 178 Å². The van der Waals surface area contributed by atoms with Crippen LogP contribution in [-0.4, -0.2) is 48.0 Å². The molecule has 0 unspecified atom stereocenters. The standard InChI is InChI=1S/C21H23N3O5S/c1-13-8-10-15(11-9-13)30-21-16(23-24-22)18(17(25)19(29-21)20(26)27-2)28-12-14-6-4-3-5-7-14/h3-11,16-19,21,25H,12H2,1-2H3/t16-,17+,18-,19+,21+/m1/s1. The van der Waals surface area contributed by atoms with Gasteiger partial charge in [-0.25, -0.2) is 4.79 Å². The first-order valence-corrected chi connectivity index (χ1v) is 10.3. The average molecular weight is 429 g/mol. The van der Waals surface area contributed by atoms with Crippen molar-refractivity contribution in [2.45, 2.75) is 48.2 Å². The number of nitrogens with zero attached hydrogens (tertiary/aromatic N) is 3. The summed E-state index contributed by atoms with van der Waals surface area (Å²) in [5.74, 6) is -0.718. The largest absolute Gasteiger partial charge is 0.467 e. The van der Waals surface area contributed by atoms with Gasteiger partial charge in [0.15, 0.2) is 6.10 Å². The Morgan fingerprint density at radius 2 is 1.93 bits per heavy atom. The van der Waals surface area contributed by atoms with Crippen LogP contribution in [0.5, 0.6) is 0 Å². The molecule has 1 fully saturated rings. The first-order valence-electron chi connectivity index (χ1n) is 9.38. The van der Waals surface area contributed by atoms with Gasteiger partial charge in [-0.2, -0.15) is 0 Å². The van der Waals surface area contributed by atoms with Crippen molar-refractivity contribution in [3.63, 3.8) is 0 Å². The van der Waals surface area contributed by atoms with Crippen molar-refractivity contribution in [2.75, 3.05) is 7.11 Å². The number of hydrogen-bond acceptors (Lipinski definition) is 7. The number of ether oxygens (including phenoxy) is 3. The lowest BCUT2D eigenvalue weighted by molar-refractivity contribution is -0.197. The fourth-order valence-corrected chi connectivity index (χ4v) is 4.22. The summed E-state index contributed by atoms with van der Waals surface area (Å²) in [5.41, 5.74) is 10.3. The number of esters is 1. The van der Waals surface area contributed by atoms with Crippen molar-refractivity contribution in [3.05, 3.63) is 76.2 Å². The van der Waals surface area contributed by atoms with Crippen LogP contribution in [0.4, 0.5) is 0 Å². The fraction of sp³-hybridized carbons (Fsp3) is 0.381. The smallest absolute Gasteiger partial charge is 0.337 e. The molecule has 5 atom stereocenters. The lowest BCUT2D eigenvalue weighted by Crippen LogP contribution is -2.59. The summed E-state index contributed by atoms with van der Waals surface area (Å²) >= 11 is 1.29. The molecule has 1 aliphatic rings. The fourth-order valence-electron chi connectivity index (χ4n) is 3.14. The SMILES string of the molecule is COC(=O)[C@H]1O[C@@H](Sc2ccc(C)cc2)[C@H](N=[N+]=[N-])[C@@H](OCc2ccccc2)[C@@H]1O. The summed E-state index contributed by atoms with van der Waals surface area (Å²) in [6.07, 6.45) is -3.57.